The molecule has 0 aromatic carbocycles. The minimum absolute atomic E-state index is 0.0266. The monoisotopic (exact) mass is 270 g/mol. The Kier molecular flexibility index (Phi) is 2.82. The lowest BCUT2D eigenvalue weighted by molar-refractivity contribution is 0.478. The summed E-state index contributed by atoms with van der Waals surface area (Å²) >= 11 is 0. The average molecular weight is 270 g/mol. The number of pyridine rings is 1. The molecule has 1 N–H and O–H groups in total. The van der Waals surface area contributed by atoms with Gasteiger partial charge in [0, 0.05) is 29.1 Å². The molecule has 0 atom stereocenters. The predicted octanol–water partition coefficient (Wildman–Crippen LogP) is 2.78. The van der Waals surface area contributed by atoms with Crippen LogP contribution >= 0.6 is 0 Å². The number of hydrogen-bond acceptors (Lipinski definition) is 4. The Balaban J connectivity index is 2.30. The number of fused-ring (bicyclic) bond motifs is 1. The lowest BCUT2D eigenvalue weighted by Crippen LogP contribution is -2.20. The number of furan rings is 1. The first-order valence-electron chi connectivity index (χ1n) is 6.35. The molecule has 0 aliphatic rings. The molecular weight excluding hydrogens is 256 g/mol. The van der Waals surface area contributed by atoms with Gasteiger partial charge in [-0.25, -0.2) is 4.98 Å². The molecule has 0 aliphatic carbocycles. The maximum atomic E-state index is 12.3. The molecule has 0 saturated heterocycles. The summed E-state index contributed by atoms with van der Waals surface area (Å²) in [4.78, 5) is 16.5. The zero-order valence-corrected chi connectivity index (χ0v) is 11.2. The molecule has 0 amide bonds. The van der Waals surface area contributed by atoms with Gasteiger partial charge in [-0.2, -0.15) is 0 Å². The summed E-state index contributed by atoms with van der Waals surface area (Å²) in [6.07, 6.45) is 6.21. The van der Waals surface area contributed by atoms with Crippen molar-refractivity contribution in [1.82, 2.24) is 9.38 Å². The van der Waals surface area contributed by atoms with Crippen LogP contribution in [0.1, 0.15) is 25.3 Å². The van der Waals surface area contributed by atoms with E-state index in [0.29, 0.717) is 11.1 Å². The molecular formula is C15H14N2O3. The molecule has 20 heavy (non-hydrogen) atoms. The van der Waals surface area contributed by atoms with Crippen molar-refractivity contribution in [3.8, 4) is 16.9 Å². The predicted molar refractivity (Wildman–Crippen MR) is 74.9 cm³/mol. The quantitative estimate of drug-likeness (QED) is 0.777. The highest BCUT2D eigenvalue weighted by Crippen LogP contribution is 2.31. The average Bonchev–Trinajstić information content (AvgIpc) is 2.93. The molecule has 0 saturated carbocycles. The van der Waals surface area contributed by atoms with Crippen LogP contribution in [0.15, 0.2) is 46.3 Å². The molecule has 5 nitrogen and oxygen atoms in total. The summed E-state index contributed by atoms with van der Waals surface area (Å²) in [7, 11) is 0. The number of hydrogen-bond donors (Lipinski definition) is 1. The zero-order valence-electron chi connectivity index (χ0n) is 11.2. The SMILES string of the molecule is CC(C)c1cnc2c(O)c(-c3ccoc3)ccn2c1=O. The van der Waals surface area contributed by atoms with Crippen LogP contribution in [0.5, 0.6) is 5.75 Å². The van der Waals surface area contributed by atoms with E-state index in [4.69, 9.17) is 4.42 Å². The first-order valence-corrected chi connectivity index (χ1v) is 6.35. The van der Waals surface area contributed by atoms with Crippen LogP contribution in [-0.2, 0) is 0 Å². The van der Waals surface area contributed by atoms with Crippen LogP contribution in [0.4, 0.5) is 0 Å². The number of rotatable bonds is 2. The van der Waals surface area contributed by atoms with Crippen molar-refractivity contribution in [1.29, 1.82) is 0 Å². The lowest BCUT2D eigenvalue weighted by Gasteiger charge is -2.09. The molecule has 3 rings (SSSR count). The van der Waals surface area contributed by atoms with Gasteiger partial charge in [-0.15, -0.1) is 0 Å². The van der Waals surface area contributed by atoms with Crippen molar-refractivity contribution >= 4 is 5.65 Å². The normalized spacial score (nSPS) is 11.3. The van der Waals surface area contributed by atoms with Crippen LogP contribution in [-0.4, -0.2) is 14.5 Å². The summed E-state index contributed by atoms with van der Waals surface area (Å²) in [6, 6.07) is 3.42. The van der Waals surface area contributed by atoms with Crippen molar-refractivity contribution in [2.24, 2.45) is 0 Å². The van der Waals surface area contributed by atoms with E-state index < -0.39 is 0 Å². The van der Waals surface area contributed by atoms with Crippen LogP contribution in [0.3, 0.4) is 0 Å². The molecule has 5 heteroatoms. The van der Waals surface area contributed by atoms with E-state index in [1.807, 2.05) is 13.8 Å². The largest absolute Gasteiger partial charge is 0.504 e. The standard InChI is InChI=1S/C15H14N2O3/c1-9(2)12-7-16-14-13(18)11(10-4-6-20-8-10)3-5-17(14)15(12)19/h3-9,18H,1-2H3. The first kappa shape index (κ1) is 12.5. The Morgan fingerprint density at radius 3 is 2.80 bits per heavy atom. The van der Waals surface area contributed by atoms with Gasteiger partial charge in [-0.1, -0.05) is 13.8 Å². The third-order valence-electron chi connectivity index (χ3n) is 3.33. The number of aromatic nitrogens is 2. The highest BCUT2D eigenvalue weighted by atomic mass is 16.3. The van der Waals surface area contributed by atoms with Gasteiger partial charge in [0.2, 0.25) is 0 Å². The van der Waals surface area contributed by atoms with E-state index in [2.05, 4.69) is 4.98 Å². The molecule has 3 heterocycles. The second kappa shape index (κ2) is 4.52. The Morgan fingerprint density at radius 2 is 2.15 bits per heavy atom. The zero-order chi connectivity index (χ0) is 14.3. The summed E-state index contributed by atoms with van der Waals surface area (Å²) in [5.74, 6) is 0.0592. The minimum atomic E-state index is -0.154. The van der Waals surface area contributed by atoms with Crippen molar-refractivity contribution in [2.45, 2.75) is 19.8 Å². The molecule has 0 spiro atoms. The summed E-state index contributed by atoms with van der Waals surface area (Å²) in [6.45, 7) is 3.87. The van der Waals surface area contributed by atoms with Crippen molar-refractivity contribution < 1.29 is 9.52 Å². The van der Waals surface area contributed by atoms with Gasteiger partial charge in [0.05, 0.1) is 12.5 Å². The van der Waals surface area contributed by atoms with E-state index in [1.165, 1.54) is 23.1 Å². The van der Waals surface area contributed by atoms with E-state index >= 15 is 0 Å². The van der Waals surface area contributed by atoms with Gasteiger partial charge in [-0.05, 0) is 18.1 Å². The number of aromatic hydroxyl groups is 1. The fourth-order valence-corrected chi connectivity index (χ4v) is 2.19. The second-order valence-electron chi connectivity index (χ2n) is 4.96. The first-order chi connectivity index (χ1) is 9.59. The molecule has 0 unspecified atom stereocenters. The van der Waals surface area contributed by atoms with E-state index in [1.54, 1.807) is 18.3 Å². The maximum Gasteiger partial charge on any atom is 0.261 e. The van der Waals surface area contributed by atoms with E-state index in [9.17, 15) is 9.90 Å². The molecule has 3 aromatic heterocycles. The summed E-state index contributed by atoms with van der Waals surface area (Å²) in [5.41, 5.74) is 2.05. The molecule has 0 radical (unpaired) electrons. The van der Waals surface area contributed by atoms with Crippen molar-refractivity contribution in [3.05, 3.63) is 53.0 Å². The van der Waals surface area contributed by atoms with Crippen molar-refractivity contribution in [2.75, 3.05) is 0 Å². The maximum absolute atomic E-state index is 12.3. The van der Waals surface area contributed by atoms with Gasteiger partial charge in [0.1, 0.15) is 0 Å². The third kappa shape index (κ3) is 1.79. The van der Waals surface area contributed by atoms with Crippen molar-refractivity contribution in [3.63, 3.8) is 0 Å². The Labute approximate surface area is 115 Å². The summed E-state index contributed by atoms with van der Waals surface area (Å²) < 4.78 is 6.38. The van der Waals surface area contributed by atoms with Gasteiger partial charge in [-0.3, -0.25) is 9.20 Å². The molecule has 3 aromatic rings. The highest BCUT2D eigenvalue weighted by Gasteiger charge is 2.14. The fourth-order valence-electron chi connectivity index (χ4n) is 2.19. The molecule has 0 bridgehead atoms. The van der Waals surface area contributed by atoms with Crippen LogP contribution < -0.4 is 5.56 Å². The Hall–Kier alpha value is -2.56. The van der Waals surface area contributed by atoms with Crippen LogP contribution in [0.25, 0.3) is 16.8 Å². The topological polar surface area (TPSA) is 67.7 Å². The van der Waals surface area contributed by atoms with Crippen LogP contribution in [0.2, 0.25) is 0 Å². The Bertz CT molecular complexity index is 817. The van der Waals surface area contributed by atoms with Gasteiger partial charge in [0.25, 0.3) is 5.56 Å². The van der Waals surface area contributed by atoms with Gasteiger partial charge >= 0.3 is 0 Å². The lowest BCUT2D eigenvalue weighted by atomic mass is 10.1. The van der Waals surface area contributed by atoms with Gasteiger partial charge in [0.15, 0.2) is 11.4 Å². The highest BCUT2D eigenvalue weighted by molar-refractivity contribution is 5.76. The van der Waals surface area contributed by atoms with Gasteiger partial charge < -0.3 is 9.52 Å². The van der Waals surface area contributed by atoms with E-state index in [0.717, 1.165) is 5.56 Å². The second-order valence-corrected chi connectivity index (χ2v) is 4.96. The molecule has 0 aliphatic heterocycles. The molecule has 102 valence electrons. The number of nitrogens with zero attached hydrogens (tertiary/aromatic N) is 2. The smallest absolute Gasteiger partial charge is 0.261 e. The summed E-state index contributed by atoms with van der Waals surface area (Å²) in [5, 5.41) is 10.3. The van der Waals surface area contributed by atoms with Crippen LogP contribution in [0, 0.1) is 0 Å². The Morgan fingerprint density at radius 1 is 1.35 bits per heavy atom. The fraction of sp³-hybridized carbons (Fsp3) is 0.200. The molecule has 0 fully saturated rings. The third-order valence-corrected chi connectivity index (χ3v) is 3.33. The minimum Gasteiger partial charge on any atom is -0.504 e. The van der Waals surface area contributed by atoms with E-state index in [-0.39, 0.29) is 22.9 Å².